The quantitative estimate of drug-likeness (QED) is 0.630. The van der Waals surface area contributed by atoms with Crippen molar-refractivity contribution in [3.63, 3.8) is 0 Å². The monoisotopic (exact) mass is 208 g/mol. The van der Waals surface area contributed by atoms with Gasteiger partial charge >= 0.3 is 0 Å². The van der Waals surface area contributed by atoms with Gasteiger partial charge in [0.15, 0.2) is 0 Å². The van der Waals surface area contributed by atoms with Crippen LogP contribution in [0.4, 0.5) is 0 Å². The minimum Gasteiger partial charge on any atom is -0.392 e. The fourth-order valence-electron chi connectivity index (χ4n) is 1.51. The summed E-state index contributed by atoms with van der Waals surface area (Å²) in [6, 6.07) is -0.0270. The average molecular weight is 208 g/mol. The van der Waals surface area contributed by atoms with E-state index in [0.717, 1.165) is 0 Å². The SMILES string of the molecule is CNS(=O)(=O)N1CC(O)CCC1C. The Kier molecular flexibility index (Phi) is 3.28. The summed E-state index contributed by atoms with van der Waals surface area (Å²) >= 11 is 0. The summed E-state index contributed by atoms with van der Waals surface area (Å²) in [5.74, 6) is 0. The first-order chi connectivity index (χ1) is 5.97. The lowest BCUT2D eigenvalue weighted by atomic mass is 10.0. The highest BCUT2D eigenvalue weighted by Crippen LogP contribution is 2.19. The molecule has 0 amide bonds. The predicted octanol–water partition coefficient (Wildman–Crippen LogP) is -0.704. The molecule has 0 bridgehead atoms. The lowest BCUT2D eigenvalue weighted by Gasteiger charge is -2.34. The Morgan fingerprint density at radius 3 is 2.62 bits per heavy atom. The molecule has 0 saturated carbocycles. The maximum Gasteiger partial charge on any atom is 0.279 e. The highest BCUT2D eigenvalue weighted by molar-refractivity contribution is 7.87. The second kappa shape index (κ2) is 3.91. The van der Waals surface area contributed by atoms with Gasteiger partial charge in [-0.1, -0.05) is 0 Å². The third kappa shape index (κ3) is 2.40. The van der Waals surface area contributed by atoms with E-state index < -0.39 is 16.3 Å². The van der Waals surface area contributed by atoms with Gasteiger partial charge in [-0.05, 0) is 19.8 Å². The molecule has 1 aliphatic heterocycles. The molecule has 5 nitrogen and oxygen atoms in total. The molecule has 1 rings (SSSR count). The normalized spacial score (nSPS) is 31.9. The zero-order chi connectivity index (χ0) is 10.1. The van der Waals surface area contributed by atoms with Gasteiger partial charge in [0.05, 0.1) is 6.10 Å². The van der Waals surface area contributed by atoms with Crippen LogP contribution in [0.3, 0.4) is 0 Å². The van der Waals surface area contributed by atoms with Crippen molar-refractivity contribution in [1.82, 2.24) is 9.03 Å². The van der Waals surface area contributed by atoms with E-state index in [1.165, 1.54) is 11.4 Å². The summed E-state index contributed by atoms with van der Waals surface area (Å²) in [4.78, 5) is 0. The van der Waals surface area contributed by atoms with Crippen LogP contribution in [0.15, 0.2) is 0 Å². The van der Waals surface area contributed by atoms with Crippen molar-refractivity contribution in [3.05, 3.63) is 0 Å². The molecule has 2 N–H and O–H groups in total. The summed E-state index contributed by atoms with van der Waals surface area (Å²) in [6.45, 7) is 2.05. The standard InChI is InChI=1S/C7H16N2O3S/c1-6-3-4-7(10)5-9(6)13(11,12)8-2/h6-8,10H,3-5H2,1-2H3. The van der Waals surface area contributed by atoms with E-state index in [0.29, 0.717) is 12.8 Å². The molecular formula is C7H16N2O3S. The van der Waals surface area contributed by atoms with Gasteiger partial charge in [0.1, 0.15) is 0 Å². The molecule has 1 aliphatic rings. The first kappa shape index (κ1) is 10.9. The number of hydrogen-bond donors (Lipinski definition) is 2. The van der Waals surface area contributed by atoms with Crippen LogP contribution in [-0.2, 0) is 10.2 Å². The molecule has 0 aromatic carbocycles. The van der Waals surface area contributed by atoms with E-state index in [-0.39, 0.29) is 12.6 Å². The maximum absolute atomic E-state index is 11.4. The third-order valence-electron chi connectivity index (χ3n) is 2.37. The Hall–Kier alpha value is -0.170. The zero-order valence-electron chi connectivity index (χ0n) is 7.90. The number of nitrogens with zero attached hydrogens (tertiary/aromatic N) is 1. The van der Waals surface area contributed by atoms with Crippen molar-refractivity contribution >= 4 is 10.2 Å². The van der Waals surface area contributed by atoms with Crippen LogP contribution < -0.4 is 4.72 Å². The van der Waals surface area contributed by atoms with Crippen LogP contribution in [0.25, 0.3) is 0 Å². The Bertz CT molecular complexity index is 265. The molecule has 0 spiro atoms. The maximum atomic E-state index is 11.4. The van der Waals surface area contributed by atoms with Gasteiger partial charge in [-0.3, -0.25) is 0 Å². The minimum absolute atomic E-state index is 0.0270. The van der Waals surface area contributed by atoms with E-state index >= 15 is 0 Å². The van der Waals surface area contributed by atoms with Gasteiger partial charge < -0.3 is 5.11 Å². The van der Waals surface area contributed by atoms with E-state index in [1.54, 1.807) is 0 Å². The molecule has 0 aromatic heterocycles. The van der Waals surface area contributed by atoms with Gasteiger partial charge in [0, 0.05) is 19.6 Å². The van der Waals surface area contributed by atoms with Gasteiger partial charge in [-0.15, -0.1) is 0 Å². The van der Waals surface area contributed by atoms with Crippen molar-refractivity contribution in [2.24, 2.45) is 0 Å². The van der Waals surface area contributed by atoms with Gasteiger partial charge in [-0.2, -0.15) is 12.7 Å². The number of aliphatic hydroxyl groups excluding tert-OH is 1. The molecule has 0 aromatic rings. The summed E-state index contributed by atoms with van der Waals surface area (Å²) in [7, 11) is -2.00. The van der Waals surface area contributed by atoms with Crippen molar-refractivity contribution in [2.75, 3.05) is 13.6 Å². The van der Waals surface area contributed by atoms with Crippen LogP contribution in [0.1, 0.15) is 19.8 Å². The molecule has 2 atom stereocenters. The smallest absolute Gasteiger partial charge is 0.279 e. The summed E-state index contributed by atoms with van der Waals surface area (Å²) in [5.41, 5.74) is 0. The summed E-state index contributed by atoms with van der Waals surface area (Å²) in [6.07, 6.45) is 0.859. The molecule has 2 unspecified atom stereocenters. The molecule has 78 valence electrons. The lowest BCUT2D eigenvalue weighted by molar-refractivity contribution is 0.0850. The Morgan fingerprint density at radius 2 is 2.08 bits per heavy atom. The van der Waals surface area contributed by atoms with E-state index in [2.05, 4.69) is 4.72 Å². The molecule has 0 aliphatic carbocycles. The van der Waals surface area contributed by atoms with Crippen molar-refractivity contribution in [3.8, 4) is 0 Å². The minimum atomic E-state index is -3.38. The number of aliphatic hydroxyl groups is 1. The predicted molar refractivity (Wildman–Crippen MR) is 49.4 cm³/mol. The van der Waals surface area contributed by atoms with E-state index in [9.17, 15) is 13.5 Å². The number of hydrogen-bond acceptors (Lipinski definition) is 3. The first-order valence-electron chi connectivity index (χ1n) is 4.35. The topological polar surface area (TPSA) is 69.6 Å². The van der Waals surface area contributed by atoms with E-state index in [1.807, 2.05) is 6.92 Å². The molecule has 1 saturated heterocycles. The molecule has 0 radical (unpaired) electrons. The van der Waals surface area contributed by atoms with Crippen molar-refractivity contribution in [1.29, 1.82) is 0 Å². The van der Waals surface area contributed by atoms with E-state index in [4.69, 9.17) is 0 Å². The fourth-order valence-corrected chi connectivity index (χ4v) is 2.69. The fraction of sp³-hybridized carbons (Fsp3) is 1.00. The Labute approximate surface area is 78.9 Å². The summed E-state index contributed by atoms with van der Waals surface area (Å²) in [5, 5.41) is 9.32. The molecule has 1 heterocycles. The highest BCUT2D eigenvalue weighted by Gasteiger charge is 2.31. The van der Waals surface area contributed by atoms with Crippen LogP contribution in [-0.4, -0.2) is 43.6 Å². The van der Waals surface area contributed by atoms with Crippen molar-refractivity contribution in [2.45, 2.75) is 31.9 Å². The molecule has 6 heteroatoms. The average Bonchev–Trinajstić information content (AvgIpc) is 2.09. The van der Waals surface area contributed by atoms with Crippen LogP contribution in [0, 0.1) is 0 Å². The lowest BCUT2D eigenvalue weighted by Crippen LogP contribution is -2.50. The first-order valence-corrected chi connectivity index (χ1v) is 5.79. The number of rotatable bonds is 2. The number of piperidine rings is 1. The third-order valence-corrected chi connectivity index (χ3v) is 4.01. The Morgan fingerprint density at radius 1 is 1.46 bits per heavy atom. The largest absolute Gasteiger partial charge is 0.392 e. The molecule has 1 fully saturated rings. The zero-order valence-corrected chi connectivity index (χ0v) is 8.71. The van der Waals surface area contributed by atoms with Crippen LogP contribution in [0.5, 0.6) is 0 Å². The van der Waals surface area contributed by atoms with Gasteiger partial charge in [0.25, 0.3) is 10.2 Å². The second-order valence-corrected chi connectivity index (χ2v) is 5.19. The number of β-amino-alcohol motifs (C(OH)–C–C–N with tert-alkyl or cyclic N) is 1. The van der Waals surface area contributed by atoms with Gasteiger partial charge in [-0.25, -0.2) is 4.72 Å². The van der Waals surface area contributed by atoms with Gasteiger partial charge in [0.2, 0.25) is 0 Å². The highest BCUT2D eigenvalue weighted by atomic mass is 32.2. The molecular weight excluding hydrogens is 192 g/mol. The Balaban J connectivity index is 2.77. The summed E-state index contributed by atoms with van der Waals surface area (Å²) < 4.78 is 26.4. The van der Waals surface area contributed by atoms with Crippen molar-refractivity contribution < 1.29 is 13.5 Å². The van der Waals surface area contributed by atoms with Crippen LogP contribution in [0.2, 0.25) is 0 Å². The molecule has 13 heavy (non-hydrogen) atoms. The number of nitrogens with one attached hydrogen (secondary N) is 1. The van der Waals surface area contributed by atoms with Crippen LogP contribution >= 0.6 is 0 Å². The second-order valence-electron chi connectivity index (χ2n) is 3.36.